The quantitative estimate of drug-likeness (QED) is 0.642. The van der Waals surface area contributed by atoms with Crippen LogP contribution in [0.15, 0.2) is 23.4 Å². The summed E-state index contributed by atoms with van der Waals surface area (Å²) in [6.07, 6.45) is 4.53. The molecule has 0 atom stereocenters. The second-order valence-corrected chi connectivity index (χ2v) is 4.40. The zero-order valence-electron chi connectivity index (χ0n) is 10.1. The summed E-state index contributed by atoms with van der Waals surface area (Å²) in [5.41, 5.74) is 3.74. The van der Waals surface area contributed by atoms with Crippen LogP contribution in [0.1, 0.15) is 46.5 Å². The van der Waals surface area contributed by atoms with Crippen LogP contribution in [0.25, 0.3) is 0 Å². The highest BCUT2D eigenvalue weighted by Gasteiger charge is 2.21. The Kier molecular flexibility index (Phi) is 4.13. The summed E-state index contributed by atoms with van der Waals surface area (Å²) in [4.78, 5) is 0. The van der Waals surface area contributed by atoms with Gasteiger partial charge in [-0.3, -0.25) is 0 Å². The standard InChI is InChI=1S/C13H22N2/c1-5-6-9(2)13(14)10(3)11(4)15-12-7-8-12/h12,14-15H,2,5-8H2,1,3-4H3/b11-10-,14-13?. The number of hydrogen-bond acceptors (Lipinski definition) is 2. The molecule has 0 aliphatic heterocycles. The molecule has 0 radical (unpaired) electrons. The Labute approximate surface area is 93.0 Å². The second kappa shape index (κ2) is 5.15. The van der Waals surface area contributed by atoms with Gasteiger partial charge in [0.15, 0.2) is 0 Å². The Bertz CT molecular complexity index is 296. The van der Waals surface area contributed by atoms with E-state index < -0.39 is 0 Å². The molecule has 2 nitrogen and oxygen atoms in total. The third-order valence-electron chi connectivity index (χ3n) is 2.84. The molecule has 1 aliphatic carbocycles. The van der Waals surface area contributed by atoms with Crippen LogP contribution in [-0.2, 0) is 0 Å². The third kappa shape index (κ3) is 3.54. The normalized spacial score (nSPS) is 17.0. The Morgan fingerprint density at radius 2 is 2.00 bits per heavy atom. The average molecular weight is 206 g/mol. The lowest BCUT2D eigenvalue weighted by molar-refractivity contribution is 0.797. The number of nitrogens with one attached hydrogen (secondary N) is 2. The van der Waals surface area contributed by atoms with Crippen molar-refractivity contribution in [2.45, 2.75) is 52.5 Å². The Morgan fingerprint density at radius 3 is 2.47 bits per heavy atom. The van der Waals surface area contributed by atoms with Gasteiger partial charge >= 0.3 is 0 Å². The van der Waals surface area contributed by atoms with E-state index in [1.54, 1.807) is 0 Å². The van der Waals surface area contributed by atoms with E-state index in [1.165, 1.54) is 12.8 Å². The molecule has 15 heavy (non-hydrogen) atoms. The van der Waals surface area contributed by atoms with Crippen molar-refractivity contribution < 1.29 is 0 Å². The van der Waals surface area contributed by atoms with E-state index in [0.29, 0.717) is 11.8 Å². The fourth-order valence-corrected chi connectivity index (χ4v) is 1.52. The number of rotatable bonds is 6. The highest BCUT2D eigenvalue weighted by molar-refractivity contribution is 6.09. The van der Waals surface area contributed by atoms with Crippen molar-refractivity contribution in [3.05, 3.63) is 23.4 Å². The maximum Gasteiger partial charge on any atom is 0.0612 e. The minimum atomic E-state index is 0.613. The van der Waals surface area contributed by atoms with Crippen LogP contribution in [0.4, 0.5) is 0 Å². The molecule has 1 fully saturated rings. The minimum Gasteiger partial charge on any atom is -0.386 e. The zero-order valence-corrected chi connectivity index (χ0v) is 10.1. The largest absolute Gasteiger partial charge is 0.386 e. The van der Waals surface area contributed by atoms with Crippen molar-refractivity contribution in [2.24, 2.45) is 0 Å². The van der Waals surface area contributed by atoms with E-state index in [0.717, 1.165) is 29.7 Å². The molecule has 0 spiro atoms. The summed E-state index contributed by atoms with van der Waals surface area (Å²) >= 11 is 0. The summed E-state index contributed by atoms with van der Waals surface area (Å²) in [7, 11) is 0. The monoisotopic (exact) mass is 206 g/mol. The predicted molar refractivity (Wildman–Crippen MR) is 66.3 cm³/mol. The molecule has 2 N–H and O–H groups in total. The minimum absolute atomic E-state index is 0.613. The van der Waals surface area contributed by atoms with E-state index in [1.807, 2.05) is 6.92 Å². The molecule has 1 rings (SSSR count). The van der Waals surface area contributed by atoms with Crippen molar-refractivity contribution in [3.8, 4) is 0 Å². The first-order chi connectivity index (χ1) is 7.06. The van der Waals surface area contributed by atoms with Crippen LogP contribution < -0.4 is 5.32 Å². The van der Waals surface area contributed by atoms with Gasteiger partial charge in [0, 0.05) is 11.7 Å². The van der Waals surface area contributed by atoms with E-state index in [4.69, 9.17) is 5.41 Å². The molecule has 0 amide bonds. The first kappa shape index (κ1) is 12.0. The molecule has 0 heterocycles. The Balaban J connectivity index is 2.59. The molecule has 0 saturated heterocycles. The van der Waals surface area contributed by atoms with Crippen LogP contribution in [0.3, 0.4) is 0 Å². The summed E-state index contributed by atoms with van der Waals surface area (Å²) in [6, 6.07) is 0.659. The summed E-state index contributed by atoms with van der Waals surface area (Å²) < 4.78 is 0. The van der Waals surface area contributed by atoms with Gasteiger partial charge in [0.25, 0.3) is 0 Å². The Hall–Kier alpha value is -1.05. The van der Waals surface area contributed by atoms with Crippen molar-refractivity contribution in [1.82, 2.24) is 5.32 Å². The molecule has 0 unspecified atom stereocenters. The van der Waals surface area contributed by atoms with E-state index in [9.17, 15) is 0 Å². The highest BCUT2D eigenvalue weighted by atomic mass is 15.0. The molecule has 0 bridgehead atoms. The van der Waals surface area contributed by atoms with Gasteiger partial charge in [-0.25, -0.2) is 0 Å². The van der Waals surface area contributed by atoms with Crippen LogP contribution in [0.5, 0.6) is 0 Å². The predicted octanol–water partition coefficient (Wildman–Crippen LogP) is 3.41. The van der Waals surface area contributed by atoms with Crippen molar-refractivity contribution in [2.75, 3.05) is 0 Å². The molecular formula is C13H22N2. The first-order valence-electron chi connectivity index (χ1n) is 5.77. The number of allylic oxidation sites excluding steroid dienone is 3. The second-order valence-electron chi connectivity index (χ2n) is 4.40. The van der Waals surface area contributed by atoms with Gasteiger partial charge in [-0.15, -0.1) is 0 Å². The molecule has 84 valence electrons. The first-order valence-corrected chi connectivity index (χ1v) is 5.77. The SMILES string of the molecule is C=C(CCC)C(=N)/C(C)=C(/C)NC1CC1. The maximum atomic E-state index is 8.00. The molecule has 0 aromatic rings. The lowest BCUT2D eigenvalue weighted by Gasteiger charge is -2.12. The average Bonchev–Trinajstić information content (AvgIpc) is 2.99. The summed E-state index contributed by atoms with van der Waals surface area (Å²) in [5, 5.41) is 11.4. The molecule has 0 aromatic carbocycles. The van der Waals surface area contributed by atoms with Gasteiger partial charge in [0.05, 0.1) is 5.71 Å². The lowest BCUT2D eigenvalue weighted by Crippen LogP contribution is -2.17. The molecule has 0 aromatic heterocycles. The fourth-order valence-electron chi connectivity index (χ4n) is 1.52. The zero-order chi connectivity index (χ0) is 11.4. The van der Waals surface area contributed by atoms with Crippen LogP contribution in [0, 0.1) is 5.41 Å². The molecular weight excluding hydrogens is 184 g/mol. The van der Waals surface area contributed by atoms with E-state index >= 15 is 0 Å². The van der Waals surface area contributed by atoms with Crippen LogP contribution in [-0.4, -0.2) is 11.8 Å². The van der Waals surface area contributed by atoms with Crippen molar-refractivity contribution in [1.29, 1.82) is 5.41 Å². The smallest absolute Gasteiger partial charge is 0.0612 e. The molecule has 1 saturated carbocycles. The molecule has 1 aliphatic rings. The van der Waals surface area contributed by atoms with Gasteiger partial charge < -0.3 is 10.7 Å². The van der Waals surface area contributed by atoms with E-state index in [-0.39, 0.29) is 0 Å². The van der Waals surface area contributed by atoms with Gasteiger partial charge in [0.2, 0.25) is 0 Å². The van der Waals surface area contributed by atoms with Crippen LogP contribution >= 0.6 is 0 Å². The van der Waals surface area contributed by atoms with Gasteiger partial charge in [-0.1, -0.05) is 19.9 Å². The van der Waals surface area contributed by atoms with Gasteiger partial charge in [-0.2, -0.15) is 0 Å². The molecule has 2 heteroatoms. The summed E-state index contributed by atoms with van der Waals surface area (Å²) in [5.74, 6) is 0. The Morgan fingerprint density at radius 1 is 1.40 bits per heavy atom. The van der Waals surface area contributed by atoms with Gasteiger partial charge in [-0.05, 0) is 44.3 Å². The fraction of sp³-hybridized carbons (Fsp3) is 0.615. The van der Waals surface area contributed by atoms with Crippen molar-refractivity contribution in [3.63, 3.8) is 0 Å². The highest BCUT2D eigenvalue weighted by Crippen LogP contribution is 2.21. The summed E-state index contributed by atoms with van der Waals surface area (Å²) in [6.45, 7) is 10.1. The third-order valence-corrected chi connectivity index (χ3v) is 2.84. The topological polar surface area (TPSA) is 35.9 Å². The van der Waals surface area contributed by atoms with E-state index in [2.05, 4.69) is 25.7 Å². The number of hydrogen-bond donors (Lipinski definition) is 2. The maximum absolute atomic E-state index is 8.00. The lowest BCUT2D eigenvalue weighted by atomic mass is 10.0. The van der Waals surface area contributed by atoms with Crippen molar-refractivity contribution >= 4 is 5.71 Å². The van der Waals surface area contributed by atoms with Crippen LogP contribution in [0.2, 0.25) is 0 Å². The van der Waals surface area contributed by atoms with Gasteiger partial charge in [0.1, 0.15) is 0 Å².